The lowest BCUT2D eigenvalue weighted by Crippen LogP contribution is -2.26. The Bertz CT molecular complexity index is 364. The van der Waals surface area contributed by atoms with Crippen LogP contribution in [0.3, 0.4) is 0 Å². The quantitative estimate of drug-likeness (QED) is 0.802. The van der Waals surface area contributed by atoms with Gasteiger partial charge >= 0.3 is 0 Å². The minimum Gasteiger partial charge on any atom is -0.366 e. The van der Waals surface area contributed by atoms with Crippen molar-refractivity contribution in [1.29, 1.82) is 0 Å². The van der Waals surface area contributed by atoms with Gasteiger partial charge in [-0.2, -0.15) is 5.10 Å². The third kappa shape index (κ3) is 1.71. The zero-order chi connectivity index (χ0) is 10.3. The van der Waals surface area contributed by atoms with Gasteiger partial charge in [-0.3, -0.25) is 0 Å². The van der Waals surface area contributed by atoms with Crippen molar-refractivity contribution in [1.82, 2.24) is 10.2 Å². The summed E-state index contributed by atoms with van der Waals surface area (Å²) in [4.78, 5) is 0. The van der Waals surface area contributed by atoms with Gasteiger partial charge in [-0.05, 0) is 49.7 Å². The highest BCUT2D eigenvalue weighted by atomic mass is 15.2. The van der Waals surface area contributed by atoms with E-state index in [-0.39, 0.29) is 0 Å². The number of fused-ring (bicyclic) bond motifs is 2. The molecule has 0 aromatic carbocycles. The van der Waals surface area contributed by atoms with Crippen LogP contribution in [0, 0.1) is 18.8 Å². The lowest BCUT2D eigenvalue weighted by Gasteiger charge is -2.23. The van der Waals surface area contributed by atoms with Crippen LogP contribution in [0.15, 0.2) is 12.3 Å². The maximum Gasteiger partial charge on any atom is 0.149 e. The van der Waals surface area contributed by atoms with E-state index in [9.17, 15) is 0 Å². The van der Waals surface area contributed by atoms with Crippen LogP contribution in [0.25, 0.3) is 0 Å². The fourth-order valence-electron chi connectivity index (χ4n) is 3.15. The lowest BCUT2D eigenvalue weighted by molar-refractivity contribution is 0.438. The predicted octanol–water partition coefficient (Wildman–Crippen LogP) is 2.39. The van der Waals surface area contributed by atoms with Crippen molar-refractivity contribution in [3.63, 3.8) is 0 Å². The zero-order valence-electron chi connectivity index (χ0n) is 9.11. The molecular weight excluding hydrogens is 186 g/mol. The van der Waals surface area contributed by atoms with Crippen LogP contribution in [-0.4, -0.2) is 16.2 Å². The molecule has 2 aliphatic rings. The van der Waals surface area contributed by atoms with Crippen molar-refractivity contribution >= 4 is 5.82 Å². The highest BCUT2D eigenvalue weighted by Gasteiger charge is 2.39. The first-order valence-electron chi connectivity index (χ1n) is 5.87. The van der Waals surface area contributed by atoms with E-state index in [0.717, 1.165) is 17.7 Å². The summed E-state index contributed by atoms with van der Waals surface area (Å²) in [6, 6.07) is 2.73. The van der Waals surface area contributed by atoms with Crippen molar-refractivity contribution in [2.75, 3.05) is 5.32 Å². The third-order valence-electron chi connectivity index (χ3n) is 3.86. The number of hydrogen-bond acceptors (Lipinski definition) is 3. The molecule has 2 fully saturated rings. The Morgan fingerprint density at radius 2 is 2.27 bits per heavy atom. The highest BCUT2D eigenvalue weighted by Crippen LogP contribution is 2.45. The van der Waals surface area contributed by atoms with Crippen LogP contribution in [0.5, 0.6) is 0 Å². The van der Waals surface area contributed by atoms with Gasteiger partial charge in [-0.1, -0.05) is 6.42 Å². The summed E-state index contributed by atoms with van der Waals surface area (Å²) in [6.45, 7) is 2.06. The fraction of sp³-hybridized carbons (Fsp3) is 0.667. The molecule has 0 saturated heterocycles. The summed E-state index contributed by atoms with van der Waals surface area (Å²) in [5, 5.41) is 11.6. The monoisotopic (exact) mass is 203 g/mol. The van der Waals surface area contributed by atoms with Gasteiger partial charge in [-0.25, -0.2) is 0 Å². The molecule has 15 heavy (non-hydrogen) atoms. The van der Waals surface area contributed by atoms with Crippen molar-refractivity contribution in [3.05, 3.63) is 17.8 Å². The molecule has 1 aromatic rings. The van der Waals surface area contributed by atoms with Crippen molar-refractivity contribution < 1.29 is 0 Å². The molecule has 3 unspecified atom stereocenters. The molecule has 1 heterocycles. The Morgan fingerprint density at radius 3 is 2.93 bits per heavy atom. The van der Waals surface area contributed by atoms with Crippen LogP contribution in [0.1, 0.15) is 31.2 Å². The van der Waals surface area contributed by atoms with E-state index in [1.807, 2.05) is 0 Å². The van der Waals surface area contributed by atoms with Gasteiger partial charge in [0.2, 0.25) is 0 Å². The van der Waals surface area contributed by atoms with E-state index in [1.165, 1.54) is 31.2 Å². The maximum absolute atomic E-state index is 4.13. The van der Waals surface area contributed by atoms with Crippen molar-refractivity contribution in [3.8, 4) is 0 Å². The molecule has 2 bridgehead atoms. The number of rotatable bonds is 2. The molecule has 0 amide bonds. The first kappa shape index (κ1) is 9.13. The summed E-state index contributed by atoms with van der Waals surface area (Å²) in [7, 11) is 0. The molecule has 0 spiro atoms. The standard InChI is InChI=1S/C12H17N3/c1-8-4-12(15-13-7-8)14-11-6-9-2-3-10(11)5-9/h4,7,9-11H,2-3,5-6H2,1H3,(H,14,15). The molecule has 80 valence electrons. The fourth-order valence-corrected chi connectivity index (χ4v) is 3.15. The molecule has 3 heteroatoms. The van der Waals surface area contributed by atoms with Crippen molar-refractivity contribution in [2.45, 2.75) is 38.6 Å². The first-order chi connectivity index (χ1) is 7.31. The van der Waals surface area contributed by atoms with Crippen LogP contribution in [-0.2, 0) is 0 Å². The summed E-state index contributed by atoms with van der Waals surface area (Å²) in [5.74, 6) is 2.81. The maximum atomic E-state index is 4.13. The van der Waals surface area contributed by atoms with Crippen LogP contribution in [0.4, 0.5) is 5.82 Å². The molecule has 1 aromatic heterocycles. The summed E-state index contributed by atoms with van der Waals surface area (Å²) in [5.41, 5.74) is 1.18. The molecule has 0 aliphatic heterocycles. The Labute approximate surface area is 90.3 Å². The van der Waals surface area contributed by atoms with E-state index in [0.29, 0.717) is 6.04 Å². The van der Waals surface area contributed by atoms with Gasteiger partial charge in [0.05, 0.1) is 6.20 Å². The number of anilines is 1. The van der Waals surface area contributed by atoms with Gasteiger partial charge in [0.15, 0.2) is 0 Å². The molecule has 3 rings (SSSR count). The van der Waals surface area contributed by atoms with Gasteiger partial charge in [0.25, 0.3) is 0 Å². The zero-order valence-corrected chi connectivity index (χ0v) is 9.11. The average Bonchev–Trinajstić information content (AvgIpc) is 2.79. The largest absolute Gasteiger partial charge is 0.366 e. The van der Waals surface area contributed by atoms with Crippen LogP contribution >= 0.6 is 0 Å². The van der Waals surface area contributed by atoms with E-state index >= 15 is 0 Å². The van der Waals surface area contributed by atoms with Gasteiger partial charge in [0, 0.05) is 6.04 Å². The second-order valence-electron chi connectivity index (χ2n) is 5.04. The summed E-state index contributed by atoms with van der Waals surface area (Å²) < 4.78 is 0. The predicted molar refractivity (Wildman–Crippen MR) is 59.6 cm³/mol. The molecule has 3 atom stereocenters. The average molecular weight is 203 g/mol. The molecule has 2 saturated carbocycles. The molecule has 1 N–H and O–H groups in total. The van der Waals surface area contributed by atoms with E-state index < -0.39 is 0 Å². The Morgan fingerprint density at radius 1 is 1.33 bits per heavy atom. The smallest absolute Gasteiger partial charge is 0.149 e. The summed E-state index contributed by atoms with van der Waals surface area (Å²) in [6.07, 6.45) is 7.41. The molecule has 0 radical (unpaired) electrons. The van der Waals surface area contributed by atoms with Gasteiger partial charge < -0.3 is 5.32 Å². The Balaban J connectivity index is 1.71. The van der Waals surface area contributed by atoms with Crippen molar-refractivity contribution in [2.24, 2.45) is 11.8 Å². The second kappa shape index (κ2) is 3.47. The normalized spacial score (nSPS) is 33.3. The minimum absolute atomic E-state index is 0.653. The number of aromatic nitrogens is 2. The minimum atomic E-state index is 0.653. The Kier molecular flexibility index (Phi) is 2.11. The van der Waals surface area contributed by atoms with Crippen LogP contribution < -0.4 is 5.32 Å². The number of hydrogen-bond donors (Lipinski definition) is 1. The highest BCUT2D eigenvalue weighted by molar-refractivity contribution is 5.37. The van der Waals surface area contributed by atoms with E-state index in [2.05, 4.69) is 28.5 Å². The topological polar surface area (TPSA) is 37.8 Å². The SMILES string of the molecule is Cc1cnnc(NC2CC3CCC2C3)c1. The number of aryl methyl sites for hydroxylation is 1. The summed E-state index contributed by atoms with van der Waals surface area (Å²) >= 11 is 0. The number of nitrogens with one attached hydrogen (secondary N) is 1. The van der Waals surface area contributed by atoms with E-state index in [4.69, 9.17) is 0 Å². The molecule has 3 nitrogen and oxygen atoms in total. The molecule has 2 aliphatic carbocycles. The van der Waals surface area contributed by atoms with Gasteiger partial charge in [-0.15, -0.1) is 5.10 Å². The third-order valence-corrected chi connectivity index (χ3v) is 3.86. The van der Waals surface area contributed by atoms with Gasteiger partial charge in [0.1, 0.15) is 5.82 Å². The van der Waals surface area contributed by atoms with Crippen LogP contribution in [0.2, 0.25) is 0 Å². The van der Waals surface area contributed by atoms with E-state index in [1.54, 1.807) is 6.20 Å². The first-order valence-corrected chi connectivity index (χ1v) is 5.87. The Hall–Kier alpha value is -1.12. The lowest BCUT2D eigenvalue weighted by atomic mass is 9.95. The number of nitrogens with zero attached hydrogens (tertiary/aromatic N) is 2. The second-order valence-corrected chi connectivity index (χ2v) is 5.04. The molecular formula is C12H17N3.